The van der Waals surface area contributed by atoms with E-state index >= 15 is 0 Å². The van der Waals surface area contributed by atoms with Gasteiger partial charge in [0.25, 0.3) is 5.91 Å². The molecule has 1 amide bonds. The zero-order chi connectivity index (χ0) is 10.7. The Bertz CT molecular complexity index is 366. The Labute approximate surface area is 79.6 Å². The Balaban J connectivity index is 3.18. The van der Waals surface area contributed by atoms with Crippen molar-refractivity contribution in [3.05, 3.63) is 34.9 Å². The van der Waals surface area contributed by atoms with Crippen molar-refractivity contribution in [1.82, 2.24) is 5.48 Å². The number of rotatable bonds is 2. The van der Waals surface area contributed by atoms with Crippen LogP contribution in [0.1, 0.15) is 15.9 Å². The molecule has 0 saturated carbocycles. The molecule has 5 heteroatoms. The van der Waals surface area contributed by atoms with Crippen LogP contribution in [0.2, 0.25) is 0 Å². The number of aryl methyl sites for hydroxylation is 1. The third-order valence-corrected chi connectivity index (χ3v) is 1.71. The fourth-order valence-corrected chi connectivity index (χ4v) is 1.01. The quantitative estimate of drug-likeness (QED) is 0.737. The van der Waals surface area contributed by atoms with Gasteiger partial charge < -0.3 is 0 Å². The summed E-state index contributed by atoms with van der Waals surface area (Å²) in [4.78, 5) is 15.4. The molecule has 0 unspecified atom stereocenters. The lowest BCUT2D eigenvalue weighted by Gasteiger charge is -2.06. The van der Waals surface area contributed by atoms with Gasteiger partial charge in [-0.05, 0) is 18.6 Å². The zero-order valence-corrected chi connectivity index (χ0v) is 7.73. The molecule has 0 radical (unpaired) electrons. The van der Waals surface area contributed by atoms with Crippen molar-refractivity contribution in [2.75, 3.05) is 7.11 Å². The molecule has 0 bridgehead atoms. The predicted molar refractivity (Wildman–Crippen MR) is 45.6 cm³/mol. The number of carbonyl (C=O) groups is 1. The molecule has 0 atom stereocenters. The molecule has 1 N–H and O–H groups in total. The van der Waals surface area contributed by atoms with E-state index in [1.807, 2.05) is 5.48 Å². The number of carbonyl (C=O) groups excluding carboxylic acids is 1. The Morgan fingerprint density at radius 2 is 2.07 bits per heavy atom. The van der Waals surface area contributed by atoms with Gasteiger partial charge in [0, 0.05) is 0 Å². The Morgan fingerprint density at radius 1 is 1.43 bits per heavy atom. The van der Waals surface area contributed by atoms with E-state index in [0.717, 1.165) is 6.07 Å². The molecule has 0 fully saturated rings. The van der Waals surface area contributed by atoms with Crippen LogP contribution in [-0.2, 0) is 4.84 Å². The van der Waals surface area contributed by atoms with E-state index in [-0.39, 0.29) is 5.56 Å². The third kappa shape index (κ3) is 1.88. The second-order valence-electron chi connectivity index (χ2n) is 2.69. The lowest BCUT2D eigenvalue weighted by atomic mass is 10.1. The summed E-state index contributed by atoms with van der Waals surface area (Å²) in [5.41, 5.74) is 1.42. The Morgan fingerprint density at radius 3 is 2.64 bits per heavy atom. The van der Waals surface area contributed by atoms with E-state index in [1.54, 1.807) is 0 Å². The first-order valence-corrected chi connectivity index (χ1v) is 3.86. The van der Waals surface area contributed by atoms with E-state index in [4.69, 9.17) is 0 Å². The second kappa shape index (κ2) is 4.15. The van der Waals surface area contributed by atoms with Gasteiger partial charge in [-0.2, -0.15) is 0 Å². The highest BCUT2D eigenvalue weighted by atomic mass is 19.1. The first-order valence-electron chi connectivity index (χ1n) is 3.86. The van der Waals surface area contributed by atoms with Gasteiger partial charge >= 0.3 is 0 Å². The number of nitrogens with one attached hydrogen (secondary N) is 1. The molecular formula is C9H9F2NO2. The molecule has 1 aromatic rings. The lowest BCUT2D eigenvalue weighted by Crippen LogP contribution is -2.24. The SMILES string of the molecule is CONC(=O)c1c(F)ccc(C)c1F. The molecule has 0 saturated heterocycles. The van der Waals surface area contributed by atoms with Crippen molar-refractivity contribution in [3.8, 4) is 0 Å². The maximum Gasteiger partial charge on any atom is 0.280 e. The second-order valence-corrected chi connectivity index (χ2v) is 2.69. The van der Waals surface area contributed by atoms with Gasteiger partial charge in [0.1, 0.15) is 17.2 Å². The van der Waals surface area contributed by atoms with E-state index < -0.39 is 23.1 Å². The van der Waals surface area contributed by atoms with Crippen LogP contribution in [0.4, 0.5) is 8.78 Å². The van der Waals surface area contributed by atoms with Crippen molar-refractivity contribution < 1.29 is 18.4 Å². The topological polar surface area (TPSA) is 38.3 Å². The van der Waals surface area contributed by atoms with Crippen LogP contribution in [0.15, 0.2) is 12.1 Å². The van der Waals surface area contributed by atoms with Crippen LogP contribution in [0.3, 0.4) is 0 Å². The minimum Gasteiger partial charge on any atom is -0.277 e. The summed E-state index contributed by atoms with van der Waals surface area (Å²) in [6.45, 7) is 1.44. The van der Waals surface area contributed by atoms with Crippen LogP contribution < -0.4 is 5.48 Å². The van der Waals surface area contributed by atoms with Crippen molar-refractivity contribution >= 4 is 5.91 Å². The van der Waals surface area contributed by atoms with Gasteiger partial charge in [-0.25, -0.2) is 14.3 Å². The minimum atomic E-state index is -0.939. The van der Waals surface area contributed by atoms with Crippen molar-refractivity contribution in [3.63, 3.8) is 0 Å². The van der Waals surface area contributed by atoms with E-state index in [2.05, 4.69) is 4.84 Å². The van der Waals surface area contributed by atoms with Crippen LogP contribution >= 0.6 is 0 Å². The zero-order valence-electron chi connectivity index (χ0n) is 7.73. The van der Waals surface area contributed by atoms with Crippen LogP contribution in [0.25, 0.3) is 0 Å². The lowest BCUT2D eigenvalue weighted by molar-refractivity contribution is 0.0529. The summed E-state index contributed by atoms with van der Waals surface area (Å²) in [5, 5.41) is 0. The molecule has 0 aliphatic carbocycles. The highest BCUT2D eigenvalue weighted by Crippen LogP contribution is 2.15. The molecule has 76 valence electrons. The summed E-state index contributed by atoms with van der Waals surface area (Å²) < 4.78 is 26.3. The number of hydroxylamine groups is 1. The summed E-state index contributed by atoms with van der Waals surface area (Å²) in [6.07, 6.45) is 0. The van der Waals surface area contributed by atoms with E-state index in [0.29, 0.717) is 0 Å². The molecular weight excluding hydrogens is 192 g/mol. The fraction of sp³-hybridized carbons (Fsp3) is 0.222. The van der Waals surface area contributed by atoms with Gasteiger partial charge in [-0.15, -0.1) is 0 Å². The normalized spacial score (nSPS) is 10.0. The standard InChI is InChI=1S/C9H9F2NO2/c1-5-3-4-6(10)7(8(5)11)9(13)12-14-2/h3-4H,1-2H3,(H,12,13). The van der Waals surface area contributed by atoms with Crippen LogP contribution in [0, 0.1) is 18.6 Å². The Kier molecular flexibility index (Phi) is 3.14. The maximum atomic E-state index is 13.3. The number of hydrogen-bond donors (Lipinski definition) is 1. The molecule has 1 aromatic carbocycles. The first-order chi connectivity index (χ1) is 6.57. The summed E-state index contributed by atoms with van der Waals surface area (Å²) >= 11 is 0. The van der Waals surface area contributed by atoms with Gasteiger partial charge in [-0.3, -0.25) is 9.63 Å². The monoisotopic (exact) mass is 201 g/mol. The van der Waals surface area contributed by atoms with Gasteiger partial charge in [0.05, 0.1) is 7.11 Å². The highest BCUT2D eigenvalue weighted by Gasteiger charge is 2.18. The fourth-order valence-electron chi connectivity index (χ4n) is 1.01. The van der Waals surface area contributed by atoms with Crippen molar-refractivity contribution in [2.24, 2.45) is 0 Å². The predicted octanol–water partition coefficient (Wildman–Crippen LogP) is 1.56. The highest BCUT2D eigenvalue weighted by molar-refractivity contribution is 5.94. The number of benzene rings is 1. The van der Waals surface area contributed by atoms with Gasteiger partial charge in [0.2, 0.25) is 0 Å². The third-order valence-electron chi connectivity index (χ3n) is 1.71. The molecule has 1 rings (SSSR count). The molecule has 0 aliphatic heterocycles. The molecule has 0 spiro atoms. The van der Waals surface area contributed by atoms with Crippen molar-refractivity contribution in [2.45, 2.75) is 6.92 Å². The van der Waals surface area contributed by atoms with Gasteiger partial charge in [0.15, 0.2) is 0 Å². The summed E-state index contributed by atoms with van der Waals surface area (Å²) in [5.74, 6) is -2.73. The first kappa shape index (κ1) is 10.6. The van der Waals surface area contributed by atoms with E-state index in [9.17, 15) is 13.6 Å². The molecule has 0 aromatic heterocycles. The summed E-state index contributed by atoms with van der Waals surface area (Å²) in [7, 11) is 1.18. The van der Waals surface area contributed by atoms with Gasteiger partial charge in [-0.1, -0.05) is 6.07 Å². The number of hydrogen-bond acceptors (Lipinski definition) is 2. The number of halogens is 2. The average Bonchev–Trinajstić information content (AvgIpc) is 2.13. The maximum absolute atomic E-state index is 13.3. The summed E-state index contributed by atoms with van der Waals surface area (Å²) in [6, 6.07) is 2.29. The smallest absolute Gasteiger partial charge is 0.277 e. The number of amides is 1. The van der Waals surface area contributed by atoms with Crippen molar-refractivity contribution in [1.29, 1.82) is 0 Å². The average molecular weight is 201 g/mol. The largest absolute Gasteiger partial charge is 0.280 e. The minimum absolute atomic E-state index is 0.202. The molecule has 0 aliphatic rings. The van der Waals surface area contributed by atoms with E-state index in [1.165, 1.54) is 20.1 Å². The molecule has 3 nitrogen and oxygen atoms in total. The molecule has 0 heterocycles. The molecule has 14 heavy (non-hydrogen) atoms. The Hall–Kier alpha value is -1.49. The van der Waals surface area contributed by atoms with Crippen LogP contribution in [-0.4, -0.2) is 13.0 Å². The van der Waals surface area contributed by atoms with Crippen LogP contribution in [0.5, 0.6) is 0 Å².